The van der Waals surface area contributed by atoms with Gasteiger partial charge in [-0.2, -0.15) is 0 Å². The van der Waals surface area contributed by atoms with Crippen LogP contribution >= 0.6 is 23.2 Å². The van der Waals surface area contributed by atoms with Crippen LogP contribution in [-0.2, 0) is 22.4 Å². The van der Waals surface area contributed by atoms with Crippen molar-refractivity contribution >= 4 is 46.2 Å². The highest BCUT2D eigenvalue weighted by atomic mass is 35.5. The molecule has 4 nitrogen and oxygen atoms in total. The average molecular weight is 510 g/mol. The molecule has 6 rings (SSSR count). The summed E-state index contributed by atoms with van der Waals surface area (Å²) in [5, 5.41) is 0.587. The first kappa shape index (κ1) is 11.9. The van der Waals surface area contributed by atoms with E-state index in [1.54, 1.807) is 24.3 Å². The van der Waals surface area contributed by atoms with Gasteiger partial charge in [0.2, 0.25) is 11.8 Å². The molecule has 0 heterocycles. The van der Waals surface area contributed by atoms with E-state index in [-0.39, 0.29) is 35.1 Å². The Bertz CT molecular complexity index is 1740. The number of primary amides is 2. The van der Waals surface area contributed by atoms with E-state index in [0.717, 1.165) is 0 Å². The minimum atomic E-state index is -3.15. The van der Waals surface area contributed by atoms with Crippen molar-refractivity contribution in [2.75, 3.05) is 0 Å². The largest absolute Gasteiger partial charge is 0.369 e. The minimum Gasteiger partial charge on any atom is -0.369 e. The lowest BCUT2D eigenvalue weighted by Crippen LogP contribution is -2.27. The van der Waals surface area contributed by atoms with Gasteiger partial charge in [0.1, 0.15) is 0 Å². The molecule has 4 aliphatic carbocycles. The molecule has 2 amide bonds. The number of rotatable bonds is 2. The number of amides is 2. The van der Waals surface area contributed by atoms with Crippen LogP contribution in [0.4, 0.5) is 0 Å². The van der Waals surface area contributed by atoms with E-state index in [9.17, 15) is 9.59 Å². The molecule has 0 bridgehead atoms. The lowest BCUT2D eigenvalue weighted by Gasteiger charge is -2.22. The van der Waals surface area contributed by atoms with Crippen LogP contribution in [0, 0.1) is 11.8 Å². The molecule has 176 valence electrons. The first-order valence-corrected chi connectivity index (χ1v) is 11.0. The summed E-state index contributed by atoms with van der Waals surface area (Å²) >= 11 is 11.9. The van der Waals surface area contributed by atoms with Crippen molar-refractivity contribution in [1.82, 2.24) is 0 Å². The number of nitrogens with two attached hydrogens (primary N) is 2. The number of carbonyl (C=O) groups is 2. The number of hydrogen-bond acceptors (Lipinski definition) is 2. The Morgan fingerprint density at radius 3 is 1.59 bits per heavy atom. The van der Waals surface area contributed by atoms with Gasteiger partial charge in [-0.15, -0.1) is 0 Å². The van der Waals surface area contributed by atoms with Crippen molar-refractivity contribution < 1.29 is 28.8 Å². The maximum Gasteiger partial charge on any atom is 0.224 e. The SMILES string of the molecule is [2H]C1([2H])C2=C(Cc3ccc(Cl)cc32)[C@@]([2H])(C(N)=O)C([2H])([2H])C1([2H])[2H].[2H]C1([2H])C2=C(Cc3ccc(Cl)cc32)[C@]([2H])(C(N)=O)C([2H])([2H])C1([2H])[2H]. The second-order valence-electron chi connectivity index (χ2n) is 7.89. The van der Waals surface area contributed by atoms with Crippen molar-refractivity contribution in [2.24, 2.45) is 23.3 Å². The predicted octanol–water partition coefficient (Wildman–Crippen LogP) is 5.87. The van der Waals surface area contributed by atoms with Crippen molar-refractivity contribution in [3.63, 3.8) is 0 Å². The molecule has 0 radical (unpaired) electrons. The highest BCUT2D eigenvalue weighted by molar-refractivity contribution is 6.31. The molecule has 0 fully saturated rings. The molecule has 4 aliphatic rings. The molecule has 2 aromatic rings. The summed E-state index contributed by atoms with van der Waals surface area (Å²) in [4.78, 5) is 24.0. The summed E-state index contributed by atoms with van der Waals surface area (Å²) in [5.41, 5.74) is 11.6. The van der Waals surface area contributed by atoms with Crippen LogP contribution in [0.2, 0.25) is 10.0 Å². The maximum atomic E-state index is 12.0. The van der Waals surface area contributed by atoms with E-state index in [0.29, 0.717) is 32.3 Å². The van der Waals surface area contributed by atoms with Crippen LogP contribution in [-0.4, -0.2) is 11.8 Å². The van der Waals surface area contributed by atoms with E-state index in [1.165, 1.54) is 12.1 Å². The fourth-order valence-corrected chi connectivity index (χ4v) is 4.69. The van der Waals surface area contributed by atoms with Crippen molar-refractivity contribution in [3.05, 3.63) is 79.8 Å². The molecule has 0 unspecified atom stereocenters. The first-order valence-electron chi connectivity index (χ1n) is 17.3. The first-order chi connectivity index (χ1) is 21.6. The third kappa shape index (κ3) is 4.18. The Kier molecular flexibility index (Phi) is 3.24. The van der Waals surface area contributed by atoms with Gasteiger partial charge in [0, 0.05) is 29.2 Å². The molecule has 2 atom stereocenters. The van der Waals surface area contributed by atoms with Gasteiger partial charge in [-0.25, -0.2) is 0 Å². The standard InChI is InChI=1S/2C14H14ClNO/c2*15-9-5-4-8-6-13-10(12(8)7-9)2-1-3-11(13)14(16)17/h2*4-5,7,11H,1-3,6H2,(H2,16,17)/t2*11-/m10/s1/i2*1D2,2D2,3D2,11D. The van der Waals surface area contributed by atoms with E-state index in [1.807, 2.05) is 0 Å². The maximum absolute atomic E-state index is 12.0. The van der Waals surface area contributed by atoms with Gasteiger partial charge in [-0.3, -0.25) is 9.59 Å². The molecule has 0 aliphatic heterocycles. The monoisotopic (exact) mass is 508 g/mol. The third-order valence-corrected chi connectivity index (χ3v) is 6.34. The quantitative estimate of drug-likeness (QED) is 0.531. The summed E-state index contributed by atoms with van der Waals surface area (Å²) in [5.74, 6) is -8.14. The lowest BCUT2D eigenvalue weighted by molar-refractivity contribution is -0.121. The Morgan fingerprint density at radius 1 is 0.794 bits per heavy atom. The van der Waals surface area contributed by atoms with Crippen LogP contribution in [0.1, 0.15) is 79.7 Å². The Morgan fingerprint density at radius 2 is 1.21 bits per heavy atom. The van der Waals surface area contributed by atoms with Gasteiger partial charge >= 0.3 is 0 Å². The van der Waals surface area contributed by atoms with Gasteiger partial charge in [0.15, 0.2) is 0 Å². The predicted molar refractivity (Wildman–Crippen MR) is 137 cm³/mol. The third-order valence-electron chi connectivity index (χ3n) is 5.87. The number of hydrogen-bond donors (Lipinski definition) is 2. The second kappa shape index (κ2) is 9.24. The highest BCUT2D eigenvalue weighted by Crippen LogP contribution is 2.46. The smallest absolute Gasteiger partial charge is 0.224 e. The number of halogens is 2. The van der Waals surface area contributed by atoms with Crippen molar-refractivity contribution in [1.29, 1.82) is 0 Å². The van der Waals surface area contributed by atoms with Gasteiger partial charge in [-0.05, 0) is 120 Å². The number of allylic oxidation sites excluding steroid dienone is 2. The molecule has 0 spiro atoms. The summed E-state index contributed by atoms with van der Waals surface area (Å²) in [7, 11) is 0. The Labute approximate surface area is 229 Å². The number of carbonyl (C=O) groups excluding carboxylic acids is 2. The molecule has 2 aromatic carbocycles. The zero-order valence-corrected chi connectivity index (χ0v) is 19.1. The zero-order valence-electron chi connectivity index (χ0n) is 31.6. The van der Waals surface area contributed by atoms with Crippen LogP contribution in [0.3, 0.4) is 0 Å². The van der Waals surface area contributed by atoms with Crippen LogP contribution in [0.25, 0.3) is 11.1 Å². The zero-order chi connectivity index (χ0) is 36.6. The summed E-state index contributed by atoms with van der Waals surface area (Å²) in [6, 6.07) is 9.20. The number of fused-ring (bicyclic) bond motifs is 4. The molecule has 34 heavy (non-hydrogen) atoms. The molecule has 0 saturated heterocycles. The van der Waals surface area contributed by atoms with Crippen molar-refractivity contribution in [2.45, 2.75) is 51.1 Å². The van der Waals surface area contributed by atoms with Gasteiger partial charge < -0.3 is 11.5 Å². The molecule has 4 N–H and O–H groups in total. The Hall–Kier alpha value is -2.56. The normalized spacial score (nSPS) is 41.6. The molecule has 0 aromatic heterocycles. The Balaban J connectivity index is 0.000000188. The van der Waals surface area contributed by atoms with Crippen LogP contribution < -0.4 is 11.5 Å². The van der Waals surface area contributed by atoms with E-state index in [2.05, 4.69) is 0 Å². The van der Waals surface area contributed by atoms with Gasteiger partial charge in [0.25, 0.3) is 0 Å². The van der Waals surface area contributed by atoms with Crippen LogP contribution in [0.15, 0.2) is 47.5 Å². The van der Waals surface area contributed by atoms with Gasteiger partial charge in [-0.1, -0.05) is 35.3 Å². The van der Waals surface area contributed by atoms with Gasteiger partial charge in [0.05, 0.1) is 11.8 Å². The summed E-state index contributed by atoms with van der Waals surface area (Å²) in [6.45, 7) is 0. The van der Waals surface area contributed by atoms with Crippen molar-refractivity contribution in [3.8, 4) is 0 Å². The average Bonchev–Trinajstić information content (AvgIpc) is 3.54. The van der Waals surface area contributed by atoms with E-state index in [4.69, 9.17) is 53.9 Å². The van der Waals surface area contributed by atoms with Crippen LogP contribution in [0.5, 0.6) is 0 Å². The summed E-state index contributed by atoms with van der Waals surface area (Å²) < 4.78 is 114. The number of benzene rings is 2. The highest BCUT2D eigenvalue weighted by Gasteiger charge is 2.34. The van der Waals surface area contributed by atoms with E-state index < -0.39 is 61.8 Å². The topological polar surface area (TPSA) is 86.2 Å². The lowest BCUT2D eigenvalue weighted by atomic mass is 9.82. The second-order valence-corrected chi connectivity index (χ2v) is 8.76. The molecular weight excluding hydrogens is 467 g/mol. The fraction of sp³-hybridized carbons (Fsp3) is 0.357. The molecule has 6 heteroatoms. The minimum absolute atomic E-state index is 0.0522. The summed E-state index contributed by atoms with van der Waals surface area (Å²) in [6.07, 6.45) is -18.2. The molecule has 0 saturated carbocycles. The molecular formula is C28H28Cl2N2O2. The fourth-order valence-electron chi connectivity index (χ4n) is 4.35. The van der Waals surface area contributed by atoms with E-state index >= 15 is 0 Å².